The minimum atomic E-state index is 0.818. The minimum absolute atomic E-state index is 0.818. The molecule has 0 aromatic heterocycles. The summed E-state index contributed by atoms with van der Waals surface area (Å²) in [6, 6.07) is 0. The van der Waals surface area contributed by atoms with Gasteiger partial charge in [0.05, 0.1) is 0 Å². The van der Waals surface area contributed by atoms with Gasteiger partial charge >= 0.3 is 0 Å². The highest BCUT2D eigenvalue weighted by Crippen LogP contribution is 2.12. The molecule has 0 heterocycles. The summed E-state index contributed by atoms with van der Waals surface area (Å²) in [7, 11) is 0. The Kier molecular flexibility index (Phi) is 3.32. The van der Waals surface area contributed by atoms with Crippen LogP contribution in [0.2, 0.25) is 0 Å². The topological polar surface area (TPSA) is 23.9 Å². The van der Waals surface area contributed by atoms with Gasteiger partial charge in [-0.1, -0.05) is 6.58 Å². The molecule has 0 aromatic carbocycles. The number of rotatable bonds is 2. The Morgan fingerprint density at radius 2 is 2.00 bits per heavy atom. The Balaban J connectivity index is 4.55. The molecule has 0 radical (unpaired) electrons. The molecule has 0 bridgehead atoms. The third kappa shape index (κ3) is 2.51. The SMILES string of the molecule is C=C(C)/C(C=N)=C(\C)S. The Morgan fingerprint density at radius 3 is 2.00 bits per heavy atom. The van der Waals surface area contributed by atoms with Crippen LogP contribution in [0.3, 0.4) is 0 Å². The van der Waals surface area contributed by atoms with Crippen LogP contribution in [0.4, 0.5) is 0 Å². The van der Waals surface area contributed by atoms with Crippen LogP contribution in [0.25, 0.3) is 0 Å². The number of hydrogen-bond acceptors (Lipinski definition) is 2. The lowest BCUT2D eigenvalue weighted by Crippen LogP contribution is -1.85. The second-order valence-electron chi connectivity index (χ2n) is 1.92. The van der Waals surface area contributed by atoms with Crippen LogP contribution in [0.1, 0.15) is 13.8 Å². The van der Waals surface area contributed by atoms with E-state index in [1.807, 2.05) is 13.8 Å². The van der Waals surface area contributed by atoms with E-state index in [4.69, 9.17) is 5.41 Å². The summed E-state index contributed by atoms with van der Waals surface area (Å²) in [5.41, 5.74) is 1.70. The van der Waals surface area contributed by atoms with E-state index in [0.29, 0.717) is 0 Å². The minimum Gasteiger partial charge on any atom is -0.308 e. The normalized spacial score (nSPS) is 12.3. The monoisotopic (exact) mass is 141 g/mol. The van der Waals surface area contributed by atoms with Crippen molar-refractivity contribution >= 4 is 18.8 Å². The highest BCUT2D eigenvalue weighted by atomic mass is 32.1. The molecule has 0 unspecified atom stereocenters. The van der Waals surface area contributed by atoms with Crippen molar-refractivity contribution < 1.29 is 0 Å². The van der Waals surface area contributed by atoms with Gasteiger partial charge in [-0.15, -0.1) is 12.6 Å². The molecular weight excluding hydrogens is 130 g/mol. The first-order valence-corrected chi connectivity index (χ1v) is 3.10. The highest BCUT2D eigenvalue weighted by Gasteiger charge is 1.94. The number of hydrogen-bond donors (Lipinski definition) is 2. The molecule has 0 fully saturated rings. The fraction of sp³-hybridized carbons (Fsp3) is 0.286. The van der Waals surface area contributed by atoms with Gasteiger partial charge in [0.15, 0.2) is 0 Å². The summed E-state index contributed by atoms with van der Waals surface area (Å²) in [5, 5.41) is 6.93. The van der Waals surface area contributed by atoms with E-state index in [1.165, 1.54) is 6.21 Å². The predicted octanol–water partition coefficient (Wildman–Crippen LogP) is 2.42. The van der Waals surface area contributed by atoms with Gasteiger partial charge < -0.3 is 5.41 Å². The van der Waals surface area contributed by atoms with E-state index in [0.717, 1.165) is 16.1 Å². The molecule has 0 rings (SSSR count). The molecule has 0 atom stereocenters. The molecule has 1 nitrogen and oxygen atoms in total. The lowest BCUT2D eigenvalue weighted by atomic mass is 10.1. The molecule has 0 aliphatic rings. The molecule has 0 aliphatic carbocycles. The first-order valence-electron chi connectivity index (χ1n) is 2.65. The fourth-order valence-electron chi connectivity index (χ4n) is 0.536. The highest BCUT2D eigenvalue weighted by molar-refractivity contribution is 7.84. The lowest BCUT2D eigenvalue weighted by Gasteiger charge is -1.99. The fourth-order valence-corrected chi connectivity index (χ4v) is 0.792. The number of allylic oxidation sites excluding steroid dienone is 3. The van der Waals surface area contributed by atoms with Crippen LogP contribution in [-0.4, -0.2) is 6.21 Å². The van der Waals surface area contributed by atoms with Crippen molar-refractivity contribution in [1.82, 2.24) is 0 Å². The maximum atomic E-state index is 6.93. The van der Waals surface area contributed by atoms with Gasteiger partial charge in [0.25, 0.3) is 0 Å². The van der Waals surface area contributed by atoms with Crippen LogP contribution in [-0.2, 0) is 0 Å². The van der Waals surface area contributed by atoms with Crippen LogP contribution >= 0.6 is 12.6 Å². The molecule has 0 amide bonds. The lowest BCUT2D eigenvalue weighted by molar-refractivity contribution is 1.43. The molecule has 1 N–H and O–H groups in total. The Hall–Kier alpha value is -0.500. The van der Waals surface area contributed by atoms with E-state index in [1.54, 1.807) is 0 Å². The number of nitrogens with one attached hydrogen (secondary N) is 1. The van der Waals surface area contributed by atoms with Crippen molar-refractivity contribution in [3.8, 4) is 0 Å². The van der Waals surface area contributed by atoms with Crippen LogP contribution in [0, 0.1) is 5.41 Å². The average molecular weight is 141 g/mol. The van der Waals surface area contributed by atoms with Gasteiger partial charge in [-0.05, 0) is 24.3 Å². The second-order valence-corrected chi connectivity index (χ2v) is 2.59. The van der Waals surface area contributed by atoms with Crippen LogP contribution in [0.15, 0.2) is 22.6 Å². The molecule has 50 valence electrons. The number of thiol groups is 1. The zero-order valence-electron chi connectivity index (χ0n) is 5.73. The summed E-state index contributed by atoms with van der Waals surface area (Å²) >= 11 is 4.08. The van der Waals surface area contributed by atoms with Crippen molar-refractivity contribution in [2.24, 2.45) is 0 Å². The maximum absolute atomic E-state index is 6.93. The van der Waals surface area contributed by atoms with E-state index >= 15 is 0 Å². The average Bonchev–Trinajstić information content (AvgIpc) is 1.64. The molecule has 9 heavy (non-hydrogen) atoms. The van der Waals surface area contributed by atoms with Crippen molar-refractivity contribution in [1.29, 1.82) is 5.41 Å². The Labute approximate surface area is 61.4 Å². The molecule has 2 heteroatoms. The van der Waals surface area contributed by atoms with Crippen molar-refractivity contribution in [3.05, 3.63) is 22.6 Å². The summed E-state index contributed by atoms with van der Waals surface area (Å²) in [4.78, 5) is 0.845. The first-order chi connectivity index (χ1) is 4.09. The molecule has 0 spiro atoms. The largest absolute Gasteiger partial charge is 0.308 e. The summed E-state index contributed by atoms with van der Waals surface area (Å²) in [5.74, 6) is 0. The summed E-state index contributed by atoms with van der Waals surface area (Å²) < 4.78 is 0. The Bertz CT molecular complexity index is 164. The first kappa shape index (κ1) is 8.50. The zero-order chi connectivity index (χ0) is 7.44. The predicted molar refractivity (Wildman–Crippen MR) is 45.3 cm³/mol. The molecule has 0 aromatic rings. The third-order valence-electron chi connectivity index (χ3n) is 0.994. The summed E-state index contributed by atoms with van der Waals surface area (Å²) in [6.07, 6.45) is 1.27. The van der Waals surface area contributed by atoms with Crippen molar-refractivity contribution in [3.63, 3.8) is 0 Å². The van der Waals surface area contributed by atoms with Crippen molar-refractivity contribution in [2.45, 2.75) is 13.8 Å². The van der Waals surface area contributed by atoms with Gasteiger partial charge in [0, 0.05) is 11.8 Å². The van der Waals surface area contributed by atoms with Crippen LogP contribution < -0.4 is 0 Å². The van der Waals surface area contributed by atoms with E-state index < -0.39 is 0 Å². The summed E-state index contributed by atoms with van der Waals surface area (Å²) in [6.45, 7) is 7.40. The van der Waals surface area contributed by atoms with Gasteiger partial charge in [-0.25, -0.2) is 0 Å². The molecule has 0 saturated carbocycles. The quantitative estimate of drug-likeness (QED) is 0.335. The van der Waals surface area contributed by atoms with Gasteiger partial charge in [-0.2, -0.15) is 0 Å². The zero-order valence-corrected chi connectivity index (χ0v) is 6.63. The second kappa shape index (κ2) is 3.51. The molecule has 0 aliphatic heterocycles. The smallest absolute Gasteiger partial charge is 0.0260 e. The molecule has 0 saturated heterocycles. The van der Waals surface area contributed by atoms with Crippen LogP contribution in [0.5, 0.6) is 0 Å². The third-order valence-corrected chi connectivity index (χ3v) is 1.23. The van der Waals surface area contributed by atoms with Gasteiger partial charge in [0.2, 0.25) is 0 Å². The van der Waals surface area contributed by atoms with E-state index in [2.05, 4.69) is 19.2 Å². The Morgan fingerprint density at radius 1 is 1.56 bits per heavy atom. The van der Waals surface area contributed by atoms with Crippen molar-refractivity contribution in [2.75, 3.05) is 0 Å². The van der Waals surface area contributed by atoms with E-state index in [9.17, 15) is 0 Å². The van der Waals surface area contributed by atoms with E-state index in [-0.39, 0.29) is 0 Å². The van der Waals surface area contributed by atoms with Gasteiger partial charge in [-0.3, -0.25) is 0 Å². The standard InChI is InChI=1S/C7H11NS/c1-5(2)7(4-8)6(3)9/h4,8-9H,1H2,2-3H3/b7-6+,8-4?. The maximum Gasteiger partial charge on any atom is 0.0260 e. The van der Waals surface area contributed by atoms with Gasteiger partial charge in [0.1, 0.15) is 0 Å². The molecular formula is C7H11NS.